The third-order valence-electron chi connectivity index (χ3n) is 4.21. The first-order valence-electron chi connectivity index (χ1n) is 7.98. The molecule has 6 nitrogen and oxygen atoms in total. The number of aliphatic carboxylic acids is 1. The Labute approximate surface area is 155 Å². The summed E-state index contributed by atoms with van der Waals surface area (Å²) >= 11 is 12.2. The normalized spacial score (nSPS) is 15.2. The average molecular weight is 381 g/mol. The molecule has 1 aliphatic rings. The highest BCUT2D eigenvalue weighted by molar-refractivity contribution is 6.43. The second kappa shape index (κ2) is 7.45. The van der Waals surface area contributed by atoms with Crippen molar-refractivity contribution in [3.63, 3.8) is 0 Å². The number of hydrogen-bond donors (Lipinski definition) is 2. The van der Waals surface area contributed by atoms with Gasteiger partial charge in [0.1, 0.15) is 5.82 Å². The lowest BCUT2D eigenvalue weighted by atomic mass is 9.97. The molecule has 132 valence electrons. The Bertz CT molecular complexity index is 792. The molecule has 25 heavy (non-hydrogen) atoms. The standard InChI is InChI=1S/C17H18Cl2N4O2/c1-10-9-14(23-7-5-11(6-8-23)16(24)25)22-17(20-10)21-13-4-2-3-12(18)15(13)19/h2-4,9,11H,5-8H2,1H3,(H,24,25)(H,20,21,22). The molecule has 0 aliphatic carbocycles. The van der Waals surface area contributed by atoms with E-state index < -0.39 is 5.97 Å². The zero-order chi connectivity index (χ0) is 18.0. The number of nitrogens with one attached hydrogen (secondary N) is 1. The summed E-state index contributed by atoms with van der Waals surface area (Å²) in [6.45, 7) is 3.20. The topological polar surface area (TPSA) is 78.4 Å². The first kappa shape index (κ1) is 17.8. The molecule has 1 saturated heterocycles. The molecule has 0 unspecified atom stereocenters. The maximum absolute atomic E-state index is 11.1. The first-order chi connectivity index (χ1) is 11.9. The van der Waals surface area contributed by atoms with Crippen molar-refractivity contribution in [1.29, 1.82) is 0 Å². The van der Waals surface area contributed by atoms with Gasteiger partial charge in [-0.3, -0.25) is 4.79 Å². The van der Waals surface area contributed by atoms with Crippen molar-refractivity contribution < 1.29 is 9.90 Å². The maximum atomic E-state index is 11.1. The van der Waals surface area contributed by atoms with E-state index in [1.165, 1.54) is 0 Å². The molecule has 3 rings (SSSR count). The Morgan fingerprint density at radius 2 is 2.00 bits per heavy atom. The Morgan fingerprint density at radius 1 is 1.28 bits per heavy atom. The smallest absolute Gasteiger partial charge is 0.306 e. The van der Waals surface area contributed by atoms with Crippen LogP contribution < -0.4 is 10.2 Å². The van der Waals surface area contributed by atoms with Gasteiger partial charge in [0.2, 0.25) is 5.95 Å². The lowest BCUT2D eigenvalue weighted by Crippen LogP contribution is -2.36. The number of carbonyl (C=O) groups is 1. The van der Waals surface area contributed by atoms with E-state index in [4.69, 9.17) is 28.3 Å². The second-order valence-corrected chi connectivity index (χ2v) is 6.80. The molecule has 0 atom stereocenters. The van der Waals surface area contributed by atoms with Crippen molar-refractivity contribution in [3.05, 3.63) is 40.0 Å². The van der Waals surface area contributed by atoms with Crippen LogP contribution in [0, 0.1) is 12.8 Å². The van der Waals surface area contributed by atoms with E-state index in [0.717, 1.165) is 11.5 Å². The zero-order valence-electron chi connectivity index (χ0n) is 13.7. The van der Waals surface area contributed by atoms with Gasteiger partial charge >= 0.3 is 5.97 Å². The molecule has 1 aromatic heterocycles. The fraction of sp³-hybridized carbons (Fsp3) is 0.353. The molecule has 0 bridgehead atoms. The van der Waals surface area contributed by atoms with Crippen LogP contribution in [0.1, 0.15) is 18.5 Å². The van der Waals surface area contributed by atoms with E-state index >= 15 is 0 Å². The SMILES string of the molecule is Cc1cc(N2CCC(C(=O)O)CC2)nc(Nc2cccc(Cl)c2Cl)n1. The quantitative estimate of drug-likeness (QED) is 0.829. The maximum Gasteiger partial charge on any atom is 0.306 e. The minimum absolute atomic E-state index is 0.276. The van der Waals surface area contributed by atoms with Crippen LogP contribution in [-0.4, -0.2) is 34.1 Å². The van der Waals surface area contributed by atoms with Gasteiger partial charge in [0.25, 0.3) is 0 Å². The Morgan fingerprint density at radius 3 is 2.68 bits per heavy atom. The third-order valence-corrected chi connectivity index (χ3v) is 5.03. The van der Waals surface area contributed by atoms with Gasteiger partial charge in [0.15, 0.2) is 0 Å². The first-order valence-corrected chi connectivity index (χ1v) is 8.74. The van der Waals surface area contributed by atoms with Crippen molar-refractivity contribution in [2.24, 2.45) is 5.92 Å². The lowest BCUT2D eigenvalue weighted by Gasteiger charge is -2.31. The van der Waals surface area contributed by atoms with Crippen molar-refractivity contribution >= 4 is 46.6 Å². The summed E-state index contributed by atoms with van der Waals surface area (Å²) in [5.41, 5.74) is 1.45. The minimum Gasteiger partial charge on any atom is -0.481 e. The summed E-state index contributed by atoms with van der Waals surface area (Å²) in [5.74, 6) is 0.204. The summed E-state index contributed by atoms with van der Waals surface area (Å²) in [5, 5.41) is 13.1. The van der Waals surface area contributed by atoms with Crippen molar-refractivity contribution in [2.75, 3.05) is 23.3 Å². The van der Waals surface area contributed by atoms with Gasteiger partial charge < -0.3 is 15.3 Å². The van der Waals surface area contributed by atoms with E-state index in [-0.39, 0.29) is 5.92 Å². The Kier molecular flexibility index (Phi) is 5.30. The number of carboxylic acids is 1. The van der Waals surface area contributed by atoms with E-state index in [1.807, 2.05) is 13.0 Å². The van der Waals surface area contributed by atoms with Crippen molar-refractivity contribution in [2.45, 2.75) is 19.8 Å². The van der Waals surface area contributed by atoms with Crippen LogP contribution >= 0.6 is 23.2 Å². The van der Waals surface area contributed by atoms with Gasteiger partial charge in [-0.1, -0.05) is 29.3 Å². The van der Waals surface area contributed by atoms with Gasteiger partial charge in [-0.25, -0.2) is 4.98 Å². The molecular formula is C17H18Cl2N4O2. The summed E-state index contributed by atoms with van der Waals surface area (Å²) in [6.07, 6.45) is 1.22. The number of nitrogens with zero attached hydrogens (tertiary/aromatic N) is 3. The van der Waals surface area contributed by atoms with Crippen LogP contribution in [-0.2, 0) is 4.79 Å². The van der Waals surface area contributed by atoms with Crippen LogP contribution in [0.2, 0.25) is 10.0 Å². The molecule has 0 saturated carbocycles. The predicted octanol–water partition coefficient (Wildman–Crippen LogP) is 4.14. The number of hydrogen-bond acceptors (Lipinski definition) is 5. The molecule has 0 radical (unpaired) electrons. The van der Waals surface area contributed by atoms with Gasteiger partial charge in [-0.05, 0) is 31.9 Å². The largest absolute Gasteiger partial charge is 0.481 e. The van der Waals surface area contributed by atoms with Gasteiger partial charge in [-0.2, -0.15) is 4.98 Å². The van der Waals surface area contributed by atoms with Crippen LogP contribution in [0.3, 0.4) is 0 Å². The summed E-state index contributed by atoms with van der Waals surface area (Å²) < 4.78 is 0. The zero-order valence-corrected chi connectivity index (χ0v) is 15.2. The van der Waals surface area contributed by atoms with E-state index in [2.05, 4.69) is 20.2 Å². The van der Waals surface area contributed by atoms with E-state index in [1.54, 1.807) is 18.2 Å². The van der Waals surface area contributed by atoms with Crippen LogP contribution in [0.5, 0.6) is 0 Å². The number of piperidine rings is 1. The summed E-state index contributed by atoms with van der Waals surface area (Å²) in [6, 6.07) is 7.21. The van der Waals surface area contributed by atoms with Gasteiger partial charge in [-0.15, -0.1) is 0 Å². The molecule has 8 heteroatoms. The van der Waals surface area contributed by atoms with Crippen molar-refractivity contribution in [3.8, 4) is 0 Å². The fourth-order valence-electron chi connectivity index (χ4n) is 2.85. The fourth-order valence-corrected chi connectivity index (χ4v) is 3.19. The number of halogens is 2. The lowest BCUT2D eigenvalue weighted by molar-refractivity contribution is -0.142. The van der Waals surface area contributed by atoms with Crippen LogP contribution in [0.25, 0.3) is 0 Å². The number of carboxylic acid groups (broad SMARTS) is 1. The average Bonchev–Trinajstić information content (AvgIpc) is 2.58. The molecule has 1 aliphatic heterocycles. The number of benzene rings is 1. The van der Waals surface area contributed by atoms with Crippen LogP contribution in [0.4, 0.5) is 17.5 Å². The number of rotatable bonds is 4. The summed E-state index contributed by atoms with van der Waals surface area (Å²) in [4.78, 5) is 22.1. The highest BCUT2D eigenvalue weighted by Crippen LogP contribution is 2.31. The molecule has 0 amide bonds. The Hall–Kier alpha value is -2.05. The molecule has 0 spiro atoms. The predicted molar refractivity (Wildman–Crippen MR) is 99.1 cm³/mol. The highest BCUT2D eigenvalue weighted by atomic mass is 35.5. The van der Waals surface area contributed by atoms with Crippen LogP contribution in [0.15, 0.2) is 24.3 Å². The summed E-state index contributed by atoms with van der Waals surface area (Å²) in [7, 11) is 0. The monoisotopic (exact) mass is 380 g/mol. The number of aryl methyl sites for hydroxylation is 1. The van der Waals surface area contributed by atoms with Gasteiger partial charge in [0.05, 0.1) is 21.7 Å². The molecule has 2 aromatic rings. The van der Waals surface area contributed by atoms with E-state index in [0.29, 0.717) is 47.6 Å². The molecule has 2 N–H and O–H groups in total. The molecule has 2 heterocycles. The molecule has 1 aromatic carbocycles. The minimum atomic E-state index is -0.725. The number of anilines is 3. The second-order valence-electron chi connectivity index (χ2n) is 6.02. The number of aromatic nitrogens is 2. The molecular weight excluding hydrogens is 363 g/mol. The van der Waals surface area contributed by atoms with E-state index in [9.17, 15) is 4.79 Å². The Balaban J connectivity index is 1.79. The highest BCUT2D eigenvalue weighted by Gasteiger charge is 2.25. The van der Waals surface area contributed by atoms with Crippen molar-refractivity contribution in [1.82, 2.24) is 9.97 Å². The third kappa shape index (κ3) is 4.14. The molecule has 1 fully saturated rings. The van der Waals surface area contributed by atoms with Gasteiger partial charge in [0, 0.05) is 24.8 Å².